The van der Waals surface area contributed by atoms with Crippen LogP contribution >= 0.6 is 0 Å². The molecule has 1 amide bonds. The molecule has 0 spiro atoms. The molecular formula is C29H33N5O. The molecule has 4 fully saturated rings. The first-order valence-electron chi connectivity index (χ1n) is 13.3. The number of carbonyl (C=O) groups is 1. The van der Waals surface area contributed by atoms with Gasteiger partial charge >= 0.3 is 0 Å². The molecule has 0 unspecified atom stereocenters. The van der Waals surface area contributed by atoms with Gasteiger partial charge in [-0.15, -0.1) is 0 Å². The van der Waals surface area contributed by atoms with E-state index in [-0.39, 0.29) is 11.3 Å². The lowest BCUT2D eigenvalue weighted by molar-refractivity contribution is -0.124. The molecule has 4 aliphatic carbocycles. The zero-order valence-corrected chi connectivity index (χ0v) is 20.2. The van der Waals surface area contributed by atoms with Gasteiger partial charge in [-0.25, -0.2) is 9.97 Å². The second-order valence-corrected chi connectivity index (χ2v) is 11.7. The average Bonchev–Trinajstić information content (AvgIpc) is 2.83. The fraction of sp³-hybridized carbons (Fsp3) is 0.517. The van der Waals surface area contributed by atoms with Gasteiger partial charge in [0, 0.05) is 43.2 Å². The number of para-hydroxylation sites is 1. The van der Waals surface area contributed by atoms with Crippen molar-refractivity contribution in [2.24, 2.45) is 23.2 Å². The van der Waals surface area contributed by atoms with E-state index in [1.165, 1.54) is 49.5 Å². The second kappa shape index (κ2) is 8.37. The Bertz CT molecular complexity index is 1250. The lowest BCUT2D eigenvalue weighted by Crippen LogP contribution is -2.47. The Hall–Kier alpha value is -2.86. The summed E-state index contributed by atoms with van der Waals surface area (Å²) in [6.45, 7) is 2.56. The zero-order chi connectivity index (χ0) is 23.4. The van der Waals surface area contributed by atoms with Gasteiger partial charge in [0.1, 0.15) is 12.1 Å². The van der Waals surface area contributed by atoms with Crippen LogP contribution < -0.4 is 5.32 Å². The van der Waals surface area contributed by atoms with Crippen molar-refractivity contribution < 1.29 is 4.79 Å². The molecule has 5 aliphatic rings. The summed E-state index contributed by atoms with van der Waals surface area (Å²) in [6, 6.07) is 10.4. The molecule has 8 rings (SSSR count). The topological polar surface area (TPSA) is 71.0 Å². The van der Waals surface area contributed by atoms with Crippen molar-refractivity contribution in [1.29, 1.82) is 0 Å². The van der Waals surface area contributed by atoms with Crippen LogP contribution in [-0.4, -0.2) is 32.3 Å². The second-order valence-electron chi connectivity index (χ2n) is 11.7. The highest BCUT2D eigenvalue weighted by molar-refractivity contribution is 5.91. The van der Waals surface area contributed by atoms with Crippen LogP contribution in [0.2, 0.25) is 0 Å². The van der Waals surface area contributed by atoms with Crippen LogP contribution in [0, 0.1) is 23.2 Å². The summed E-state index contributed by atoms with van der Waals surface area (Å²) in [4.78, 5) is 29.3. The van der Waals surface area contributed by atoms with Gasteiger partial charge in [0.2, 0.25) is 5.91 Å². The predicted molar refractivity (Wildman–Crippen MR) is 135 cm³/mol. The number of rotatable bonds is 5. The minimum Gasteiger partial charge on any atom is -0.310 e. The normalized spacial score (nSPS) is 29.3. The van der Waals surface area contributed by atoms with Crippen LogP contribution in [-0.2, 0) is 24.3 Å². The van der Waals surface area contributed by atoms with Crippen LogP contribution in [0.15, 0.2) is 42.9 Å². The highest BCUT2D eigenvalue weighted by Gasteiger charge is 2.51. The number of benzene rings is 1. The molecule has 0 radical (unpaired) electrons. The molecule has 1 aromatic carbocycles. The summed E-state index contributed by atoms with van der Waals surface area (Å²) < 4.78 is 0. The maximum absolute atomic E-state index is 13.2. The Labute approximate surface area is 206 Å². The minimum atomic E-state index is 0.151. The predicted octanol–water partition coefficient (Wildman–Crippen LogP) is 5.13. The van der Waals surface area contributed by atoms with Gasteiger partial charge in [-0.05, 0) is 85.8 Å². The summed E-state index contributed by atoms with van der Waals surface area (Å²) in [6.07, 6.45) is 13.0. The summed E-state index contributed by atoms with van der Waals surface area (Å²) in [5, 5.41) is 4.43. The lowest BCUT2D eigenvalue weighted by Gasteiger charge is -2.56. The summed E-state index contributed by atoms with van der Waals surface area (Å²) in [5.74, 6) is 3.48. The minimum absolute atomic E-state index is 0.151. The number of carbonyl (C=O) groups excluding carboxylic acids is 1. The van der Waals surface area contributed by atoms with Crippen molar-refractivity contribution in [3.63, 3.8) is 0 Å². The van der Waals surface area contributed by atoms with Crippen molar-refractivity contribution in [2.75, 3.05) is 11.9 Å². The molecule has 3 heterocycles. The van der Waals surface area contributed by atoms with Gasteiger partial charge in [-0.1, -0.05) is 18.2 Å². The first kappa shape index (κ1) is 21.4. The van der Waals surface area contributed by atoms with Crippen molar-refractivity contribution in [3.8, 4) is 0 Å². The first-order chi connectivity index (χ1) is 17.1. The standard InChI is InChI=1S/C29H33N5O/c35-27(15-29-12-19-9-20(13-29)11-21(10-19)14-29)33-28-24-6-8-34(17-26(24)31-18-32-28)16-22-5-7-30-25-4-2-1-3-23(22)25/h1-5,7,18-21H,6,8-17H2,(H,31,32,33,35). The van der Waals surface area contributed by atoms with E-state index >= 15 is 0 Å². The molecule has 180 valence electrons. The molecule has 4 saturated carbocycles. The Morgan fingerprint density at radius 1 is 1.00 bits per heavy atom. The van der Waals surface area contributed by atoms with Crippen LogP contribution in [0.5, 0.6) is 0 Å². The SMILES string of the molecule is O=C(CC12CC3CC(CC(C3)C1)C2)Nc1ncnc2c1CCN(Cc1ccnc3ccccc13)C2. The lowest BCUT2D eigenvalue weighted by atomic mass is 9.49. The van der Waals surface area contributed by atoms with Gasteiger partial charge in [-0.3, -0.25) is 14.7 Å². The average molecular weight is 468 g/mol. The van der Waals surface area contributed by atoms with E-state index in [0.717, 1.165) is 66.4 Å². The van der Waals surface area contributed by atoms with Crippen molar-refractivity contribution in [2.45, 2.75) is 64.5 Å². The molecule has 1 N–H and O–H groups in total. The van der Waals surface area contributed by atoms with Crippen LogP contribution in [0.4, 0.5) is 5.82 Å². The third-order valence-corrected chi connectivity index (χ3v) is 9.18. The Balaban J connectivity index is 1.05. The zero-order valence-electron chi connectivity index (χ0n) is 20.2. The Kier molecular flexibility index (Phi) is 5.12. The number of nitrogens with zero attached hydrogens (tertiary/aromatic N) is 4. The fourth-order valence-corrected chi connectivity index (χ4v) is 8.21. The monoisotopic (exact) mass is 467 g/mol. The number of fused-ring (bicyclic) bond motifs is 2. The molecule has 6 nitrogen and oxygen atoms in total. The van der Waals surface area contributed by atoms with Gasteiger partial charge in [0.15, 0.2) is 0 Å². The molecule has 0 atom stereocenters. The van der Waals surface area contributed by atoms with Gasteiger partial charge in [0.25, 0.3) is 0 Å². The van der Waals surface area contributed by atoms with E-state index in [0.29, 0.717) is 6.42 Å². The molecule has 3 aromatic rings. The summed E-state index contributed by atoms with van der Waals surface area (Å²) in [5.41, 5.74) is 4.72. The van der Waals surface area contributed by atoms with Gasteiger partial charge in [-0.2, -0.15) is 0 Å². The van der Waals surface area contributed by atoms with Gasteiger partial charge < -0.3 is 5.32 Å². The summed E-state index contributed by atoms with van der Waals surface area (Å²) >= 11 is 0. The Morgan fingerprint density at radius 3 is 2.57 bits per heavy atom. The summed E-state index contributed by atoms with van der Waals surface area (Å²) in [7, 11) is 0. The van der Waals surface area contributed by atoms with E-state index in [2.05, 4.69) is 49.4 Å². The third-order valence-electron chi connectivity index (χ3n) is 9.18. The van der Waals surface area contributed by atoms with E-state index in [1.807, 2.05) is 12.3 Å². The molecule has 6 heteroatoms. The fourth-order valence-electron chi connectivity index (χ4n) is 8.21. The molecule has 2 aromatic heterocycles. The molecule has 4 bridgehead atoms. The number of hydrogen-bond acceptors (Lipinski definition) is 5. The van der Waals surface area contributed by atoms with Crippen LogP contribution in [0.3, 0.4) is 0 Å². The highest BCUT2D eigenvalue weighted by atomic mass is 16.1. The van der Waals surface area contributed by atoms with E-state index in [4.69, 9.17) is 0 Å². The smallest absolute Gasteiger partial charge is 0.226 e. The van der Waals surface area contributed by atoms with Crippen molar-refractivity contribution in [1.82, 2.24) is 19.9 Å². The van der Waals surface area contributed by atoms with Gasteiger partial charge in [0.05, 0.1) is 11.2 Å². The third kappa shape index (κ3) is 4.02. The van der Waals surface area contributed by atoms with Crippen LogP contribution in [0.25, 0.3) is 10.9 Å². The highest BCUT2D eigenvalue weighted by Crippen LogP contribution is 2.61. The number of amides is 1. The van der Waals surface area contributed by atoms with E-state index < -0.39 is 0 Å². The number of nitrogens with one attached hydrogen (secondary N) is 1. The molecule has 0 saturated heterocycles. The van der Waals surface area contributed by atoms with Crippen molar-refractivity contribution >= 4 is 22.6 Å². The molecule has 35 heavy (non-hydrogen) atoms. The van der Waals surface area contributed by atoms with Crippen molar-refractivity contribution in [3.05, 3.63) is 59.7 Å². The van der Waals surface area contributed by atoms with E-state index in [9.17, 15) is 4.79 Å². The Morgan fingerprint density at radius 2 is 1.77 bits per heavy atom. The first-order valence-corrected chi connectivity index (χ1v) is 13.3. The number of anilines is 1. The number of hydrogen-bond donors (Lipinski definition) is 1. The maximum Gasteiger partial charge on any atom is 0.226 e. The van der Waals surface area contributed by atoms with Crippen LogP contribution in [0.1, 0.15) is 61.8 Å². The maximum atomic E-state index is 13.2. The molecule has 1 aliphatic heterocycles. The molecular weight excluding hydrogens is 434 g/mol. The number of aromatic nitrogens is 3. The quantitative estimate of drug-likeness (QED) is 0.563. The van der Waals surface area contributed by atoms with E-state index in [1.54, 1.807) is 6.33 Å². The number of pyridine rings is 1. The largest absolute Gasteiger partial charge is 0.310 e.